The van der Waals surface area contributed by atoms with Crippen LogP contribution < -0.4 is 5.32 Å². The Bertz CT molecular complexity index is 382. The van der Waals surface area contributed by atoms with E-state index in [1.807, 2.05) is 0 Å². The molecule has 4 heteroatoms. The van der Waals surface area contributed by atoms with Crippen molar-refractivity contribution in [3.05, 3.63) is 35.4 Å². The van der Waals surface area contributed by atoms with Gasteiger partial charge in [0, 0.05) is 43.9 Å². The molecule has 1 atom stereocenters. The molecule has 1 aliphatic rings. The van der Waals surface area contributed by atoms with Gasteiger partial charge in [-0.1, -0.05) is 13.0 Å². The van der Waals surface area contributed by atoms with Crippen molar-refractivity contribution >= 4 is 0 Å². The van der Waals surface area contributed by atoms with Gasteiger partial charge in [-0.3, -0.25) is 4.90 Å². The predicted octanol–water partition coefficient (Wildman–Crippen LogP) is 2.15. The van der Waals surface area contributed by atoms with Crippen molar-refractivity contribution in [3.63, 3.8) is 0 Å². The van der Waals surface area contributed by atoms with Gasteiger partial charge in [0.25, 0.3) is 0 Å². The van der Waals surface area contributed by atoms with Gasteiger partial charge < -0.3 is 5.32 Å². The second kappa shape index (κ2) is 5.56. The molecule has 0 amide bonds. The van der Waals surface area contributed by atoms with Crippen molar-refractivity contribution in [1.29, 1.82) is 0 Å². The smallest absolute Gasteiger partial charge is 0.130 e. The minimum absolute atomic E-state index is 0.448. The molecule has 1 N–H and O–H groups in total. The second-order valence-corrected chi connectivity index (χ2v) is 4.53. The van der Waals surface area contributed by atoms with Crippen LogP contribution in [0.5, 0.6) is 0 Å². The van der Waals surface area contributed by atoms with Crippen LogP contribution in [0.25, 0.3) is 0 Å². The lowest BCUT2D eigenvalue weighted by Gasteiger charge is -2.33. The van der Waals surface area contributed by atoms with Gasteiger partial charge >= 0.3 is 0 Å². The SMILES string of the molecule is CCC1CN(Cc2ccc(F)cc2F)CCN1. The number of benzene rings is 1. The summed E-state index contributed by atoms with van der Waals surface area (Å²) in [6.45, 7) is 5.46. The molecule has 1 saturated heterocycles. The first-order valence-electron chi connectivity index (χ1n) is 6.08. The van der Waals surface area contributed by atoms with Crippen LogP contribution in [0.2, 0.25) is 0 Å². The minimum Gasteiger partial charge on any atom is -0.311 e. The highest BCUT2D eigenvalue weighted by molar-refractivity contribution is 5.18. The second-order valence-electron chi connectivity index (χ2n) is 4.53. The van der Waals surface area contributed by atoms with E-state index in [9.17, 15) is 8.78 Å². The first-order valence-corrected chi connectivity index (χ1v) is 6.08. The zero-order valence-electron chi connectivity index (χ0n) is 10.0. The van der Waals surface area contributed by atoms with E-state index in [4.69, 9.17) is 0 Å². The van der Waals surface area contributed by atoms with Crippen LogP contribution in [-0.2, 0) is 6.54 Å². The number of halogens is 2. The molecule has 1 heterocycles. The lowest BCUT2D eigenvalue weighted by atomic mass is 10.1. The average Bonchev–Trinajstić information content (AvgIpc) is 2.33. The van der Waals surface area contributed by atoms with E-state index < -0.39 is 11.6 Å². The number of nitrogens with zero attached hydrogens (tertiary/aromatic N) is 1. The van der Waals surface area contributed by atoms with Crippen molar-refractivity contribution in [2.24, 2.45) is 0 Å². The quantitative estimate of drug-likeness (QED) is 0.871. The van der Waals surface area contributed by atoms with Gasteiger partial charge in [-0.25, -0.2) is 8.78 Å². The Balaban J connectivity index is 2.00. The highest BCUT2D eigenvalue weighted by atomic mass is 19.1. The molecule has 0 radical (unpaired) electrons. The average molecular weight is 240 g/mol. The molecular formula is C13H18F2N2. The van der Waals surface area contributed by atoms with Gasteiger partial charge in [-0.15, -0.1) is 0 Å². The summed E-state index contributed by atoms with van der Waals surface area (Å²) in [6.07, 6.45) is 1.07. The van der Waals surface area contributed by atoms with Crippen LogP contribution in [0, 0.1) is 11.6 Å². The van der Waals surface area contributed by atoms with Crippen molar-refractivity contribution in [1.82, 2.24) is 10.2 Å². The zero-order chi connectivity index (χ0) is 12.3. The molecule has 2 nitrogen and oxygen atoms in total. The third-order valence-corrected chi connectivity index (χ3v) is 3.24. The van der Waals surface area contributed by atoms with Crippen molar-refractivity contribution in [2.45, 2.75) is 25.9 Å². The molecule has 1 unspecified atom stereocenters. The molecule has 0 saturated carbocycles. The maximum absolute atomic E-state index is 13.5. The van der Waals surface area contributed by atoms with Gasteiger partial charge in [0.2, 0.25) is 0 Å². The largest absolute Gasteiger partial charge is 0.311 e. The summed E-state index contributed by atoms with van der Waals surface area (Å²) in [6, 6.07) is 4.28. The van der Waals surface area contributed by atoms with Gasteiger partial charge in [-0.2, -0.15) is 0 Å². The molecule has 0 aromatic heterocycles. The Morgan fingerprint density at radius 3 is 2.94 bits per heavy atom. The Labute approximate surface area is 101 Å². The van der Waals surface area contributed by atoms with Crippen LogP contribution in [0.15, 0.2) is 18.2 Å². The number of rotatable bonds is 3. The maximum Gasteiger partial charge on any atom is 0.130 e. The van der Waals surface area contributed by atoms with Crippen LogP contribution >= 0.6 is 0 Å². The van der Waals surface area contributed by atoms with E-state index in [2.05, 4.69) is 17.1 Å². The highest BCUT2D eigenvalue weighted by Crippen LogP contribution is 2.13. The third-order valence-electron chi connectivity index (χ3n) is 3.24. The first-order chi connectivity index (χ1) is 8.19. The molecule has 1 fully saturated rings. The molecule has 1 aromatic rings. The van der Waals surface area contributed by atoms with E-state index in [1.54, 1.807) is 0 Å². The fraction of sp³-hybridized carbons (Fsp3) is 0.538. The number of hydrogen-bond donors (Lipinski definition) is 1. The molecule has 2 rings (SSSR count). The number of nitrogens with one attached hydrogen (secondary N) is 1. The predicted molar refractivity (Wildman–Crippen MR) is 63.7 cm³/mol. The fourth-order valence-electron chi connectivity index (χ4n) is 2.20. The van der Waals surface area contributed by atoms with E-state index in [-0.39, 0.29) is 0 Å². The van der Waals surface area contributed by atoms with Crippen LogP contribution in [0.4, 0.5) is 8.78 Å². The van der Waals surface area contributed by atoms with E-state index in [0.29, 0.717) is 18.2 Å². The lowest BCUT2D eigenvalue weighted by Crippen LogP contribution is -2.49. The lowest BCUT2D eigenvalue weighted by molar-refractivity contribution is 0.188. The van der Waals surface area contributed by atoms with E-state index >= 15 is 0 Å². The number of piperazine rings is 1. The standard InChI is InChI=1S/C13H18F2N2/c1-2-12-9-17(6-5-16-12)8-10-3-4-11(14)7-13(10)15/h3-4,7,12,16H,2,5-6,8-9H2,1H3. The minimum atomic E-state index is -0.516. The Morgan fingerprint density at radius 2 is 2.24 bits per heavy atom. The van der Waals surface area contributed by atoms with Gasteiger partial charge in [0.1, 0.15) is 11.6 Å². The zero-order valence-corrected chi connectivity index (χ0v) is 10.0. The molecule has 0 aliphatic carbocycles. The molecule has 0 bridgehead atoms. The van der Waals surface area contributed by atoms with Crippen LogP contribution in [0.1, 0.15) is 18.9 Å². The van der Waals surface area contributed by atoms with E-state index in [1.165, 1.54) is 12.1 Å². The molecule has 94 valence electrons. The summed E-state index contributed by atoms with van der Waals surface area (Å²) in [4.78, 5) is 2.21. The Morgan fingerprint density at radius 1 is 1.41 bits per heavy atom. The summed E-state index contributed by atoms with van der Waals surface area (Å²) >= 11 is 0. The van der Waals surface area contributed by atoms with E-state index in [0.717, 1.165) is 32.1 Å². The number of hydrogen-bond acceptors (Lipinski definition) is 2. The first kappa shape index (κ1) is 12.5. The van der Waals surface area contributed by atoms with Crippen molar-refractivity contribution < 1.29 is 8.78 Å². The van der Waals surface area contributed by atoms with Crippen molar-refractivity contribution in [3.8, 4) is 0 Å². The van der Waals surface area contributed by atoms with Crippen LogP contribution in [-0.4, -0.2) is 30.6 Å². The molecule has 17 heavy (non-hydrogen) atoms. The monoisotopic (exact) mass is 240 g/mol. The van der Waals surface area contributed by atoms with Crippen LogP contribution in [0.3, 0.4) is 0 Å². The van der Waals surface area contributed by atoms with Crippen molar-refractivity contribution in [2.75, 3.05) is 19.6 Å². The highest BCUT2D eigenvalue weighted by Gasteiger charge is 2.18. The Hall–Kier alpha value is -1.00. The maximum atomic E-state index is 13.5. The summed E-state index contributed by atoms with van der Waals surface area (Å²) < 4.78 is 26.3. The summed E-state index contributed by atoms with van der Waals surface area (Å²) in [5.41, 5.74) is 0.572. The summed E-state index contributed by atoms with van der Waals surface area (Å²) in [5, 5.41) is 3.41. The van der Waals surface area contributed by atoms with Gasteiger partial charge in [-0.05, 0) is 12.5 Å². The van der Waals surface area contributed by atoms with Gasteiger partial charge in [0.05, 0.1) is 0 Å². The summed E-state index contributed by atoms with van der Waals surface area (Å²) in [7, 11) is 0. The molecule has 1 aromatic carbocycles. The molecule has 1 aliphatic heterocycles. The van der Waals surface area contributed by atoms with Gasteiger partial charge in [0.15, 0.2) is 0 Å². The third kappa shape index (κ3) is 3.23. The molecule has 0 spiro atoms. The normalized spacial score (nSPS) is 21.7. The Kier molecular flexibility index (Phi) is 4.07. The topological polar surface area (TPSA) is 15.3 Å². The summed E-state index contributed by atoms with van der Waals surface area (Å²) in [5.74, 6) is -0.963. The fourth-order valence-corrected chi connectivity index (χ4v) is 2.20. The molecular weight excluding hydrogens is 222 g/mol.